The average molecular weight is 612 g/mol. The van der Waals surface area contributed by atoms with Crippen LogP contribution in [0.1, 0.15) is 0 Å². The first-order valence-electron chi connectivity index (χ1n) is 16.4. The molecular weight excluding hydrogens is 583 g/mol. The van der Waals surface area contributed by atoms with Gasteiger partial charge in [-0.3, -0.25) is 0 Å². The average Bonchev–Trinajstić information content (AvgIpc) is 3.50. The van der Waals surface area contributed by atoms with E-state index in [1.54, 1.807) is 0 Å². The van der Waals surface area contributed by atoms with Gasteiger partial charge in [0, 0.05) is 27.7 Å². The zero-order valence-corrected chi connectivity index (χ0v) is 26.1. The molecule has 1 aromatic heterocycles. The summed E-state index contributed by atoms with van der Waals surface area (Å²) in [5.74, 6) is 0. The summed E-state index contributed by atoms with van der Waals surface area (Å²) in [6, 6.07) is 63.4. The van der Waals surface area contributed by atoms with E-state index in [9.17, 15) is 0 Å². The molecule has 2 heteroatoms. The number of fused-ring (bicyclic) bond motifs is 9. The van der Waals surface area contributed by atoms with Crippen LogP contribution in [-0.4, -0.2) is 0 Å². The van der Waals surface area contributed by atoms with Crippen LogP contribution in [0, 0.1) is 0 Å². The maximum Gasteiger partial charge on any atom is 0.136 e. The zero-order chi connectivity index (χ0) is 31.6. The van der Waals surface area contributed by atoms with Gasteiger partial charge in [0.05, 0.1) is 5.69 Å². The highest BCUT2D eigenvalue weighted by molar-refractivity contribution is 6.20. The SMILES string of the molecule is c1ccc(-c2ccccc2N(c2ccc3c(ccc4ccc5ccccc5c43)c2)c2ccc3oc4cc5ccccc5cc4c3c2)cc1. The molecule has 48 heavy (non-hydrogen) atoms. The fraction of sp³-hybridized carbons (Fsp3) is 0. The Labute approximate surface area is 277 Å². The van der Waals surface area contributed by atoms with Gasteiger partial charge in [0.1, 0.15) is 11.2 Å². The van der Waals surface area contributed by atoms with Crippen molar-refractivity contribution in [1.82, 2.24) is 0 Å². The lowest BCUT2D eigenvalue weighted by Crippen LogP contribution is -2.11. The Balaban J connectivity index is 1.23. The molecule has 0 unspecified atom stereocenters. The monoisotopic (exact) mass is 611 g/mol. The molecule has 0 spiro atoms. The van der Waals surface area contributed by atoms with Crippen molar-refractivity contribution < 1.29 is 4.42 Å². The molecule has 0 radical (unpaired) electrons. The number of benzene rings is 9. The third-order valence-corrected chi connectivity index (χ3v) is 9.78. The molecule has 0 N–H and O–H groups in total. The van der Waals surface area contributed by atoms with Gasteiger partial charge in [0.15, 0.2) is 0 Å². The van der Waals surface area contributed by atoms with Crippen LogP contribution in [0.5, 0.6) is 0 Å². The van der Waals surface area contributed by atoms with Crippen molar-refractivity contribution in [2.24, 2.45) is 0 Å². The smallest absolute Gasteiger partial charge is 0.136 e. The van der Waals surface area contributed by atoms with Crippen molar-refractivity contribution in [2.75, 3.05) is 4.90 Å². The lowest BCUT2D eigenvalue weighted by Gasteiger charge is -2.28. The van der Waals surface area contributed by atoms with Gasteiger partial charge in [0.2, 0.25) is 0 Å². The summed E-state index contributed by atoms with van der Waals surface area (Å²) in [6.07, 6.45) is 0. The summed E-state index contributed by atoms with van der Waals surface area (Å²) in [6.45, 7) is 0. The molecular formula is C46H29NO. The minimum atomic E-state index is 0.886. The highest BCUT2D eigenvalue weighted by Gasteiger charge is 2.20. The molecule has 9 aromatic carbocycles. The molecule has 0 amide bonds. The van der Waals surface area contributed by atoms with Crippen molar-refractivity contribution in [2.45, 2.75) is 0 Å². The van der Waals surface area contributed by atoms with Crippen LogP contribution in [0.3, 0.4) is 0 Å². The minimum absolute atomic E-state index is 0.886. The Morgan fingerprint density at radius 2 is 0.979 bits per heavy atom. The molecule has 0 saturated heterocycles. The standard InChI is InChI=1S/C46H29NO/c1-2-10-30(11-3-1)38-15-8-9-17-43(38)47(37-23-25-44-42(29-37)41-27-33-13-4-5-14-34(33)28-45(41)48-44)36-22-24-40-35(26-36)21-20-32-19-18-31-12-6-7-16-39(31)46(32)40/h1-29H. The number of nitrogens with zero attached hydrogens (tertiary/aromatic N) is 1. The van der Waals surface area contributed by atoms with Gasteiger partial charge in [-0.05, 0) is 97.2 Å². The van der Waals surface area contributed by atoms with Gasteiger partial charge < -0.3 is 9.32 Å². The molecule has 10 aromatic rings. The first-order valence-corrected chi connectivity index (χ1v) is 16.4. The van der Waals surface area contributed by atoms with E-state index in [1.165, 1.54) is 54.2 Å². The van der Waals surface area contributed by atoms with Crippen LogP contribution < -0.4 is 4.90 Å². The second kappa shape index (κ2) is 10.6. The van der Waals surface area contributed by atoms with Crippen molar-refractivity contribution in [3.05, 3.63) is 176 Å². The Kier molecular flexibility index (Phi) is 5.91. The maximum absolute atomic E-state index is 6.41. The lowest BCUT2D eigenvalue weighted by atomic mass is 9.96. The number of rotatable bonds is 4. The summed E-state index contributed by atoms with van der Waals surface area (Å²) in [5, 5.41) is 12.2. The number of hydrogen-bond acceptors (Lipinski definition) is 2. The molecule has 1 heterocycles. The summed E-state index contributed by atoms with van der Waals surface area (Å²) in [5.41, 5.74) is 7.44. The van der Waals surface area contributed by atoms with E-state index in [0.29, 0.717) is 0 Å². The van der Waals surface area contributed by atoms with Crippen LogP contribution in [0.25, 0.3) is 76.2 Å². The van der Waals surface area contributed by atoms with Crippen LogP contribution in [-0.2, 0) is 0 Å². The highest BCUT2D eigenvalue weighted by Crippen LogP contribution is 2.44. The first-order chi connectivity index (χ1) is 23.8. The predicted octanol–water partition coefficient (Wildman–Crippen LogP) is 13.3. The van der Waals surface area contributed by atoms with E-state index >= 15 is 0 Å². The normalized spacial score (nSPS) is 11.8. The predicted molar refractivity (Wildman–Crippen MR) is 204 cm³/mol. The van der Waals surface area contributed by atoms with Crippen molar-refractivity contribution in [3.8, 4) is 11.1 Å². The highest BCUT2D eigenvalue weighted by atomic mass is 16.3. The van der Waals surface area contributed by atoms with E-state index in [2.05, 4.69) is 181 Å². The maximum atomic E-state index is 6.41. The third-order valence-electron chi connectivity index (χ3n) is 9.78. The van der Waals surface area contributed by atoms with E-state index < -0.39 is 0 Å². The second-order valence-corrected chi connectivity index (χ2v) is 12.6. The van der Waals surface area contributed by atoms with Crippen LogP contribution in [0.15, 0.2) is 180 Å². The molecule has 0 atom stereocenters. The van der Waals surface area contributed by atoms with Crippen molar-refractivity contribution in [3.63, 3.8) is 0 Å². The van der Waals surface area contributed by atoms with Gasteiger partial charge in [-0.15, -0.1) is 0 Å². The molecule has 0 aliphatic heterocycles. The summed E-state index contributed by atoms with van der Waals surface area (Å²) < 4.78 is 6.41. The van der Waals surface area contributed by atoms with Crippen LogP contribution in [0.2, 0.25) is 0 Å². The fourth-order valence-corrected chi connectivity index (χ4v) is 7.51. The quantitative estimate of drug-likeness (QED) is 0.184. The van der Waals surface area contributed by atoms with E-state index in [4.69, 9.17) is 4.42 Å². The lowest BCUT2D eigenvalue weighted by molar-refractivity contribution is 0.669. The number of anilines is 3. The summed E-state index contributed by atoms with van der Waals surface area (Å²) >= 11 is 0. The number of furan rings is 1. The van der Waals surface area contributed by atoms with Gasteiger partial charge in [-0.2, -0.15) is 0 Å². The molecule has 224 valence electrons. The Bertz CT molecular complexity index is 2850. The van der Waals surface area contributed by atoms with E-state index in [1.807, 2.05) is 0 Å². The topological polar surface area (TPSA) is 16.4 Å². The minimum Gasteiger partial charge on any atom is -0.456 e. The molecule has 10 rings (SSSR count). The number of hydrogen-bond donors (Lipinski definition) is 0. The van der Waals surface area contributed by atoms with Crippen molar-refractivity contribution in [1.29, 1.82) is 0 Å². The third kappa shape index (κ3) is 4.20. The summed E-state index contributed by atoms with van der Waals surface area (Å²) in [7, 11) is 0. The molecule has 0 aliphatic rings. The Morgan fingerprint density at radius 3 is 1.85 bits per heavy atom. The number of para-hydroxylation sites is 1. The van der Waals surface area contributed by atoms with Gasteiger partial charge in [-0.25, -0.2) is 0 Å². The molecule has 2 nitrogen and oxygen atoms in total. The Hall–Kier alpha value is -6.38. The van der Waals surface area contributed by atoms with Gasteiger partial charge in [0.25, 0.3) is 0 Å². The largest absolute Gasteiger partial charge is 0.456 e. The molecule has 0 aliphatic carbocycles. The van der Waals surface area contributed by atoms with Gasteiger partial charge >= 0.3 is 0 Å². The van der Waals surface area contributed by atoms with Crippen LogP contribution >= 0.6 is 0 Å². The van der Waals surface area contributed by atoms with Gasteiger partial charge in [-0.1, -0.05) is 127 Å². The molecule has 0 fully saturated rings. The van der Waals surface area contributed by atoms with Crippen molar-refractivity contribution >= 4 is 82.1 Å². The van der Waals surface area contributed by atoms with Crippen LogP contribution in [0.4, 0.5) is 17.1 Å². The fourth-order valence-electron chi connectivity index (χ4n) is 7.51. The molecule has 0 bridgehead atoms. The van der Waals surface area contributed by atoms with E-state index in [0.717, 1.165) is 39.0 Å². The zero-order valence-electron chi connectivity index (χ0n) is 26.1. The molecule has 0 saturated carbocycles. The second-order valence-electron chi connectivity index (χ2n) is 12.6. The summed E-state index contributed by atoms with van der Waals surface area (Å²) in [4.78, 5) is 2.40. The first kappa shape index (κ1) is 26.8. The van der Waals surface area contributed by atoms with E-state index in [-0.39, 0.29) is 0 Å². The Morgan fingerprint density at radius 1 is 0.354 bits per heavy atom.